The topological polar surface area (TPSA) is 30.5 Å². The molecule has 2 aromatic rings. The van der Waals surface area contributed by atoms with Gasteiger partial charge in [0, 0.05) is 0 Å². The normalized spacial score (nSPS) is 14.3. The van der Waals surface area contributed by atoms with Gasteiger partial charge in [-0.15, -0.1) is 0 Å². The zero-order valence-electron chi connectivity index (χ0n) is 12.1. The molecule has 2 aromatic carbocycles. The molecule has 1 atom stereocenters. The minimum Gasteiger partial charge on any atom is -0.454 e. The first-order valence-electron chi connectivity index (χ1n) is 6.83. The quantitative estimate of drug-likeness (QED) is 0.927. The van der Waals surface area contributed by atoms with Gasteiger partial charge in [-0.3, -0.25) is 0 Å². The van der Waals surface area contributed by atoms with Gasteiger partial charge in [-0.1, -0.05) is 29.8 Å². The lowest BCUT2D eigenvalue weighted by Gasteiger charge is -2.20. The van der Waals surface area contributed by atoms with Crippen LogP contribution in [0.1, 0.15) is 28.3 Å². The summed E-state index contributed by atoms with van der Waals surface area (Å²) in [5.41, 5.74) is 5.05. The van der Waals surface area contributed by atoms with Gasteiger partial charge in [0.1, 0.15) is 0 Å². The van der Waals surface area contributed by atoms with Crippen LogP contribution in [0.3, 0.4) is 0 Å². The summed E-state index contributed by atoms with van der Waals surface area (Å²) in [7, 11) is 1.98. The van der Waals surface area contributed by atoms with E-state index in [2.05, 4.69) is 49.5 Å². The van der Waals surface area contributed by atoms with Crippen LogP contribution in [0.25, 0.3) is 0 Å². The molecule has 0 fully saturated rings. The zero-order valence-corrected chi connectivity index (χ0v) is 12.1. The number of hydrogen-bond acceptors (Lipinski definition) is 3. The van der Waals surface area contributed by atoms with Crippen molar-refractivity contribution in [2.24, 2.45) is 0 Å². The summed E-state index contributed by atoms with van der Waals surface area (Å²) in [5.74, 6) is 1.65. The molecule has 0 aromatic heterocycles. The molecule has 0 saturated heterocycles. The Balaban J connectivity index is 2.01. The summed E-state index contributed by atoms with van der Waals surface area (Å²) >= 11 is 0. The first-order valence-corrected chi connectivity index (χ1v) is 6.83. The summed E-state index contributed by atoms with van der Waals surface area (Å²) in [6.07, 6.45) is 0. The maximum atomic E-state index is 5.47. The van der Waals surface area contributed by atoms with Gasteiger partial charge in [0.2, 0.25) is 6.79 Å². The molecule has 1 aliphatic heterocycles. The smallest absolute Gasteiger partial charge is 0.231 e. The molecule has 1 heterocycles. The van der Waals surface area contributed by atoms with Gasteiger partial charge >= 0.3 is 0 Å². The summed E-state index contributed by atoms with van der Waals surface area (Å²) < 4.78 is 10.8. The van der Waals surface area contributed by atoms with Crippen LogP contribution in [-0.4, -0.2) is 13.8 Å². The Hall–Kier alpha value is -2.00. The average Bonchev–Trinajstić information content (AvgIpc) is 2.89. The highest BCUT2D eigenvalue weighted by atomic mass is 16.7. The van der Waals surface area contributed by atoms with Crippen LogP contribution in [0, 0.1) is 13.8 Å². The summed E-state index contributed by atoms with van der Waals surface area (Å²) in [5, 5.41) is 3.39. The minimum absolute atomic E-state index is 0.157. The van der Waals surface area contributed by atoms with E-state index >= 15 is 0 Å². The van der Waals surface area contributed by atoms with Crippen LogP contribution < -0.4 is 14.8 Å². The third kappa shape index (κ3) is 2.25. The lowest BCUT2D eigenvalue weighted by molar-refractivity contribution is 0.174. The number of ether oxygens (including phenoxy) is 2. The SMILES string of the molecule is CNC(c1ccc2c(c1)OCO2)c1ccc(C)cc1C. The molecule has 0 amide bonds. The fraction of sp³-hybridized carbons (Fsp3) is 0.294. The van der Waals surface area contributed by atoms with Crippen molar-refractivity contribution >= 4 is 0 Å². The largest absolute Gasteiger partial charge is 0.454 e. The van der Waals surface area contributed by atoms with E-state index in [1.54, 1.807) is 0 Å². The second-order valence-electron chi connectivity index (χ2n) is 5.19. The van der Waals surface area contributed by atoms with E-state index in [0.29, 0.717) is 6.79 Å². The predicted molar refractivity (Wildman–Crippen MR) is 79.4 cm³/mol. The minimum atomic E-state index is 0.157. The van der Waals surface area contributed by atoms with E-state index in [1.165, 1.54) is 22.3 Å². The third-order valence-electron chi connectivity index (χ3n) is 3.75. The molecule has 3 rings (SSSR count). The first kappa shape index (κ1) is 13.0. The Kier molecular flexibility index (Phi) is 3.36. The van der Waals surface area contributed by atoms with E-state index in [0.717, 1.165) is 11.5 Å². The van der Waals surface area contributed by atoms with E-state index in [4.69, 9.17) is 9.47 Å². The van der Waals surface area contributed by atoms with Crippen molar-refractivity contribution in [3.05, 3.63) is 58.7 Å². The van der Waals surface area contributed by atoms with Crippen molar-refractivity contribution < 1.29 is 9.47 Å². The Morgan fingerprint density at radius 3 is 2.55 bits per heavy atom. The van der Waals surface area contributed by atoms with Crippen LogP contribution in [0.15, 0.2) is 36.4 Å². The van der Waals surface area contributed by atoms with Crippen molar-refractivity contribution in [2.75, 3.05) is 13.8 Å². The summed E-state index contributed by atoms with van der Waals surface area (Å²) in [4.78, 5) is 0. The molecule has 1 unspecified atom stereocenters. The highest BCUT2D eigenvalue weighted by molar-refractivity contribution is 5.48. The van der Waals surface area contributed by atoms with Crippen molar-refractivity contribution in [1.29, 1.82) is 0 Å². The Morgan fingerprint density at radius 1 is 1.00 bits per heavy atom. The van der Waals surface area contributed by atoms with E-state index < -0.39 is 0 Å². The number of rotatable bonds is 3. The molecule has 3 nitrogen and oxygen atoms in total. The van der Waals surface area contributed by atoms with Gasteiger partial charge in [-0.25, -0.2) is 0 Å². The second-order valence-corrected chi connectivity index (χ2v) is 5.19. The Labute approximate surface area is 119 Å². The molecule has 1 aliphatic rings. The van der Waals surface area contributed by atoms with Crippen LogP contribution in [0.5, 0.6) is 11.5 Å². The standard InChI is InChI=1S/C17H19NO2/c1-11-4-6-14(12(2)8-11)17(18-3)13-5-7-15-16(9-13)20-10-19-15/h4-9,17-18H,10H2,1-3H3. The van der Waals surface area contributed by atoms with Crippen molar-refractivity contribution in [1.82, 2.24) is 5.32 Å². The third-order valence-corrected chi connectivity index (χ3v) is 3.75. The van der Waals surface area contributed by atoms with E-state index in [9.17, 15) is 0 Å². The molecule has 20 heavy (non-hydrogen) atoms. The molecule has 0 bridgehead atoms. The van der Waals surface area contributed by atoms with Gasteiger partial charge in [0.15, 0.2) is 11.5 Å². The molecule has 0 spiro atoms. The van der Waals surface area contributed by atoms with E-state index in [-0.39, 0.29) is 6.04 Å². The number of hydrogen-bond donors (Lipinski definition) is 1. The Bertz CT molecular complexity index is 637. The number of fused-ring (bicyclic) bond motifs is 1. The molecule has 3 heteroatoms. The number of nitrogens with one attached hydrogen (secondary N) is 1. The molecule has 0 radical (unpaired) electrons. The number of benzene rings is 2. The monoisotopic (exact) mass is 269 g/mol. The summed E-state index contributed by atoms with van der Waals surface area (Å²) in [6.45, 7) is 4.58. The predicted octanol–water partition coefficient (Wildman–Crippen LogP) is 3.34. The average molecular weight is 269 g/mol. The molecule has 0 saturated carbocycles. The first-order chi connectivity index (χ1) is 9.69. The number of aryl methyl sites for hydroxylation is 2. The van der Waals surface area contributed by atoms with Crippen LogP contribution in [0.2, 0.25) is 0 Å². The van der Waals surface area contributed by atoms with Gasteiger partial charge < -0.3 is 14.8 Å². The van der Waals surface area contributed by atoms with E-state index in [1.807, 2.05) is 13.1 Å². The maximum Gasteiger partial charge on any atom is 0.231 e. The highest BCUT2D eigenvalue weighted by Gasteiger charge is 2.19. The van der Waals surface area contributed by atoms with Gasteiger partial charge in [0.05, 0.1) is 6.04 Å². The van der Waals surface area contributed by atoms with Crippen LogP contribution in [-0.2, 0) is 0 Å². The van der Waals surface area contributed by atoms with Gasteiger partial charge in [-0.05, 0) is 49.7 Å². The lowest BCUT2D eigenvalue weighted by Crippen LogP contribution is -2.18. The summed E-state index contributed by atoms with van der Waals surface area (Å²) in [6, 6.07) is 12.8. The fourth-order valence-corrected chi connectivity index (χ4v) is 2.74. The van der Waals surface area contributed by atoms with Crippen LogP contribution >= 0.6 is 0 Å². The van der Waals surface area contributed by atoms with Gasteiger partial charge in [-0.2, -0.15) is 0 Å². The lowest BCUT2D eigenvalue weighted by atomic mass is 9.94. The second kappa shape index (κ2) is 5.17. The van der Waals surface area contributed by atoms with Gasteiger partial charge in [0.25, 0.3) is 0 Å². The molecule has 1 N–H and O–H groups in total. The molecular formula is C17H19NO2. The fourth-order valence-electron chi connectivity index (χ4n) is 2.74. The maximum absolute atomic E-state index is 5.47. The van der Waals surface area contributed by atoms with Crippen molar-refractivity contribution in [3.8, 4) is 11.5 Å². The zero-order chi connectivity index (χ0) is 14.1. The Morgan fingerprint density at radius 2 is 1.80 bits per heavy atom. The molecular weight excluding hydrogens is 250 g/mol. The molecule has 0 aliphatic carbocycles. The van der Waals surface area contributed by atoms with Crippen LogP contribution in [0.4, 0.5) is 0 Å². The molecule has 104 valence electrons. The van der Waals surface area contributed by atoms with Crippen molar-refractivity contribution in [3.63, 3.8) is 0 Å². The van der Waals surface area contributed by atoms with Crippen molar-refractivity contribution in [2.45, 2.75) is 19.9 Å². The highest BCUT2D eigenvalue weighted by Crippen LogP contribution is 2.36.